The molecule has 0 aliphatic heterocycles. The summed E-state index contributed by atoms with van der Waals surface area (Å²) in [7, 11) is 0. The van der Waals surface area contributed by atoms with E-state index < -0.39 is 6.09 Å². The highest BCUT2D eigenvalue weighted by molar-refractivity contribution is 5.78. The van der Waals surface area contributed by atoms with Crippen LogP contribution in [0.5, 0.6) is 5.75 Å². The van der Waals surface area contributed by atoms with Gasteiger partial charge in [-0.3, -0.25) is 4.98 Å². The van der Waals surface area contributed by atoms with Crippen LogP contribution < -0.4 is 10.1 Å². The lowest BCUT2D eigenvalue weighted by Crippen LogP contribution is -2.27. The van der Waals surface area contributed by atoms with E-state index in [0.717, 1.165) is 30.4 Å². The molecule has 0 aliphatic rings. The fourth-order valence-corrected chi connectivity index (χ4v) is 2.52. The lowest BCUT2D eigenvalue weighted by Gasteiger charge is -2.09. The van der Waals surface area contributed by atoms with Crippen LogP contribution >= 0.6 is 0 Å². The Morgan fingerprint density at radius 3 is 2.96 bits per heavy atom. The van der Waals surface area contributed by atoms with Crippen molar-refractivity contribution in [3.8, 4) is 28.5 Å². The van der Waals surface area contributed by atoms with Crippen molar-refractivity contribution in [3.05, 3.63) is 49.0 Å². The van der Waals surface area contributed by atoms with E-state index in [4.69, 9.17) is 9.15 Å². The molecule has 0 aliphatic carbocycles. The Hall–Kier alpha value is -3.22. The summed E-state index contributed by atoms with van der Waals surface area (Å²) < 4.78 is 10.6. The molecule has 1 amide bonds. The highest BCUT2D eigenvalue weighted by Gasteiger charge is 2.14. The summed E-state index contributed by atoms with van der Waals surface area (Å²) in [5, 5.41) is 10.4. The van der Waals surface area contributed by atoms with E-state index in [1.54, 1.807) is 18.3 Å². The molecule has 3 rings (SSSR count). The Morgan fingerprint density at radius 1 is 1.23 bits per heavy atom. The molecule has 1 N–H and O–H groups in total. The lowest BCUT2D eigenvalue weighted by atomic mass is 10.0. The van der Waals surface area contributed by atoms with Crippen LogP contribution in [0, 0.1) is 0 Å². The van der Waals surface area contributed by atoms with Gasteiger partial charge in [-0.15, -0.1) is 10.2 Å². The number of ether oxygens (including phenoxy) is 1. The molecule has 134 valence electrons. The van der Waals surface area contributed by atoms with Gasteiger partial charge in [-0.2, -0.15) is 0 Å². The lowest BCUT2D eigenvalue weighted by molar-refractivity contribution is 0.200. The smallest absolute Gasteiger partial charge is 0.412 e. The third-order valence-corrected chi connectivity index (χ3v) is 3.78. The number of aromatic nitrogens is 3. The number of carbonyl (C=O) groups is 1. The predicted molar refractivity (Wildman–Crippen MR) is 96.5 cm³/mol. The minimum absolute atomic E-state index is 0.334. The number of pyridine rings is 1. The van der Waals surface area contributed by atoms with Crippen molar-refractivity contribution in [1.82, 2.24) is 20.5 Å². The van der Waals surface area contributed by atoms with E-state index in [-0.39, 0.29) is 0 Å². The minimum atomic E-state index is -0.457. The van der Waals surface area contributed by atoms with E-state index in [9.17, 15) is 4.79 Å². The number of unbranched alkanes of at least 4 members (excludes halogenated alkanes) is 2. The third kappa shape index (κ3) is 4.44. The molecule has 0 saturated carbocycles. The number of benzene rings is 1. The quantitative estimate of drug-likeness (QED) is 0.644. The summed E-state index contributed by atoms with van der Waals surface area (Å²) in [4.78, 5) is 16.2. The van der Waals surface area contributed by atoms with Crippen LogP contribution in [-0.4, -0.2) is 27.8 Å². The summed E-state index contributed by atoms with van der Waals surface area (Å²) in [5.41, 5.74) is 2.22. The Morgan fingerprint density at radius 2 is 2.15 bits per heavy atom. The first kappa shape index (κ1) is 17.6. The van der Waals surface area contributed by atoms with Crippen LogP contribution in [0.15, 0.2) is 53.4 Å². The van der Waals surface area contributed by atoms with Crippen LogP contribution in [0.1, 0.15) is 26.2 Å². The molecule has 0 spiro atoms. The zero-order chi connectivity index (χ0) is 18.2. The molecular weight excluding hydrogens is 332 g/mol. The van der Waals surface area contributed by atoms with Crippen LogP contribution in [-0.2, 0) is 0 Å². The van der Waals surface area contributed by atoms with Gasteiger partial charge in [0.25, 0.3) is 5.89 Å². The van der Waals surface area contributed by atoms with Gasteiger partial charge in [-0.25, -0.2) is 4.79 Å². The van der Waals surface area contributed by atoms with Gasteiger partial charge in [0.15, 0.2) is 0 Å². The van der Waals surface area contributed by atoms with Crippen LogP contribution in [0.25, 0.3) is 22.7 Å². The molecule has 0 bridgehead atoms. The number of hydrogen-bond acceptors (Lipinski definition) is 6. The van der Waals surface area contributed by atoms with Crippen molar-refractivity contribution in [2.24, 2.45) is 0 Å². The van der Waals surface area contributed by atoms with E-state index in [1.165, 1.54) is 6.39 Å². The molecule has 1 aromatic carbocycles. The molecule has 0 atom stereocenters. The third-order valence-electron chi connectivity index (χ3n) is 3.78. The van der Waals surface area contributed by atoms with Gasteiger partial charge in [0.2, 0.25) is 6.39 Å². The fourth-order valence-electron chi connectivity index (χ4n) is 2.52. The van der Waals surface area contributed by atoms with Crippen molar-refractivity contribution in [2.75, 3.05) is 6.54 Å². The highest BCUT2D eigenvalue weighted by atomic mass is 16.6. The van der Waals surface area contributed by atoms with Crippen LogP contribution in [0.4, 0.5) is 4.79 Å². The normalized spacial score (nSPS) is 10.5. The van der Waals surface area contributed by atoms with Crippen molar-refractivity contribution in [1.29, 1.82) is 0 Å². The molecule has 2 heterocycles. The van der Waals surface area contributed by atoms with Gasteiger partial charge in [0, 0.05) is 18.3 Å². The second kappa shape index (κ2) is 8.75. The van der Waals surface area contributed by atoms with Crippen LogP contribution in [0.3, 0.4) is 0 Å². The van der Waals surface area contributed by atoms with Crippen molar-refractivity contribution < 1.29 is 13.9 Å². The number of amides is 1. The molecule has 0 unspecified atom stereocenters. The Balaban J connectivity index is 1.75. The number of nitrogens with zero attached hydrogens (tertiary/aromatic N) is 3. The van der Waals surface area contributed by atoms with Gasteiger partial charge in [0.1, 0.15) is 11.4 Å². The maximum Gasteiger partial charge on any atom is 0.412 e. The van der Waals surface area contributed by atoms with Gasteiger partial charge in [-0.05, 0) is 30.2 Å². The molecular formula is C19H20N4O3. The minimum Gasteiger partial charge on any atom is -0.422 e. The summed E-state index contributed by atoms with van der Waals surface area (Å²) in [5.74, 6) is 0.788. The second-order valence-electron chi connectivity index (χ2n) is 5.69. The fraction of sp³-hybridized carbons (Fsp3) is 0.263. The Bertz CT molecular complexity index is 850. The molecule has 26 heavy (non-hydrogen) atoms. The van der Waals surface area contributed by atoms with Gasteiger partial charge < -0.3 is 14.5 Å². The highest BCUT2D eigenvalue weighted by Crippen LogP contribution is 2.30. The van der Waals surface area contributed by atoms with Crippen molar-refractivity contribution >= 4 is 6.09 Å². The van der Waals surface area contributed by atoms with Gasteiger partial charge >= 0.3 is 6.09 Å². The SMILES string of the molecule is CCCCCNC(=O)Oc1cccc(-c2cccnc2-c2nnco2)c1. The number of rotatable bonds is 7. The number of nitrogens with one attached hydrogen (secondary N) is 1. The van der Waals surface area contributed by atoms with Crippen LogP contribution in [0.2, 0.25) is 0 Å². The van der Waals surface area contributed by atoms with Gasteiger partial charge in [0.05, 0.1) is 0 Å². The number of carbonyl (C=O) groups excluding carboxylic acids is 1. The van der Waals surface area contributed by atoms with E-state index in [2.05, 4.69) is 27.4 Å². The summed E-state index contributed by atoms with van der Waals surface area (Å²) in [6, 6.07) is 11.0. The summed E-state index contributed by atoms with van der Waals surface area (Å²) >= 11 is 0. The average Bonchev–Trinajstić information content (AvgIpc) is 3.20. The molecule has 7 heteroatoms. The monoisotopic (exact) mass is 352 g/mol. The molecule has 0 saturated heterocycles. The standard InChI is InChI=1S/C19H20N4O3/c1-2-3-4-10-21-19(24)26-15-8-5-7-14(12-15)16-9-6-11-20-17(16)18-23-22-13-25-18/h5-9,11-13H,2-4,10H2,1H3,(H,21,24). The van der Waals surface area contributed by atoms with E-state index in [1.807, 2.05) is 24.3 Å². The van der Waals surface area contributed by atoms with Crippen molar-refractivity contribution in [3.63, 3.8) is 0 Å². The summed E-state index contributed by atoms with van der Waals surface area (Å²) in [6.45, 7) is 2.72. The molecule has 0 radical (unpaired) electrons. The first-order valence-electron chi connectivity index (χ1n) is 8.55. The van der Waals surface area contributed by atoms with Crippen molar-refractivity contribution in [2.45, 2.75) is 26.2 Å². The molecule has 2 aromatic heterocycles. The predicted octanol–water partition coefficient (Wildman–Crippen LogP) is 4.08. The topological polar surface area (TPSA) is 90.1 Å². The Kier molecular flexibility index (Phi) is 5.92. The molecule has 7 nitrogen and oxygen atoms in total. The zero-order valence-electron chi connectivity index (χ0n) is 14.5. The number of hydrogen-bond donors (Lipinski definition) is 1. The van der Waals surface area contributed by atoms with E-state index in [0.29, 0.717) is 23.9 Å². The average molecular weight is 352 g/mol. The maximum atomic E-state index is 11.9. The first-order chi connectivity index (χ1) is 12.8. The largest absolute Gasteiger partial charge is 0.422 e. The van der Waals surface area contributed by atoms with E-state index >= 15 is 0 Å². The second-order valence-corrected chi connectivity index (χ2v) is 5.69. The molecule has 3 aromatic rings. The first-order valence-corrected chi connectivity index (χ1v) is 8.55. The van der Waals surface area contributed by atoms with Gasteiger partial charge in [-0.1, -0.05) is 38.0 Å². The zero-order valence-corrected chi connectivity index (χ0v) is 14.5. The maximum absolute atomic E-state index is 11.9. The summed E-state index contributed by atoms with van der Waals surface area (Å²) in [6.07, 6.45) is 5.58. The molecule has 0 fully saturated rings. The Labute approximate surface area is 151 Å².